The zero-order chi connectivity index (χ0) is 19.9. The Morgan fingerprint density at radius 3 is 2.64 bits per heavy atom. The second-order valence-electron chi connectivity index (χ2n) is 7.63. The summed E-state index contributed by atoms with van der Waals surface area (Å²) in [4.78, 5) is 16.9. The van der Waals surface area contributed by atoms with Gasteiger partial charge in [0.2, 0.25) is 5.92 Å². The minimum atomic E-state index is -2.62. The molecule has 0 radical (unpaired) electrons. The molecule has 1 aliphatic rings. The summed E-state index contributed by atoms with van der Waals surface area (Å²) in [5, 5.41) is 9.27. The molecule has 1 aliphatic carbocycles. The molecule has 7 heteroatoms. The predicted octanol–water partition coefficient (Wildman–Crippen LogP) is 4.28. The second-order valence-corrected chi connectivity index (χ2v) is 7.63. The van der Waals surface area contributed by atoms with Gasteiger partial charge in [0, 0.05) is 36.8 Å². The first kappa shape index (κ1) is 18.7. The lowest BCUT2D eigenvalue weighted by Crippen LogP contribution is -2.29. The van der Waals surface area contributed by atoms with E-state index >= 15 is 0 Å². The largest absolute Gasteiger partial charge is 0.331 e. The molecule has 1 fully saturated rings. The number of alkyl halides is 2. The number of hydrogen-bond acceptors (Lipinski definition) is 4. The van der Waals surface area contributed by atoms with Crippen LogP contribution in [0.5, 0.6) is 0 Å². The van der Waals surface area contributed by atoms with Crippen LogP contribution in [0.4, 0.5) is 8.78 Å². The highest BCUT2D eigenvalue weighted by atomic mass is 19.3. The molecular formula is C21H22F2N4O. The van der Waals surface area contributed by atoms with Crippen molar-refractivity contribution in [2.75, 3.05) is 0 Å². The number of benzene rings is 1. The number of halogens is 2. The topological polar surface area (TPSA) is 60.7 Å². The highest BCUT2D eigenvalue weighted by molar-refractivity contribution is 5.86. The molecule has 0 aliphatic heterocycles. The molecule has 28 heavy (non-hydrogen) atoms. The van der Waals surface area contributed by atoms with Gasteiger partial charge in [-0.2, -0.15) is 10.2 Å². The van der Waals surface area contributed by atoms with Gasteiger partial charge in [0.15, 0.2) is 0 Å². The summed E-state index contributed by atoms with van der Waals surface area (Å²) in [5.41, 5.74) is 3.33. The normalized spacial score (nSPS) is 17.1. The van der Waals surface area contributed by atoms with Crippen LogP contribution in [-0.2, 0) is 18.3 Å². The van der Waals surface area contributed by atoms with E-state index in [1.54, 1.807) is 0 Å². The molecule has 4 rings (SSSR count). The fourth-order valence-electron chi connectivity index (χ4n) is 3.79. The fourth-order valence-corrected chi connectivity index (χ4v) is 3.79. The molecule has 0 N–H and O–H groups in total. The summed E-state index contributed by atoms with van der Waals surface area (Å²) in [7, 11) is 1.96. The van der Waals surface area contributed by atoms with Gasteiger partial charge in [0.05, 0.1) is 29.5 Å². The summed E-state index contributed by atoms with van der Waals surface area (Å²) in [5.74, 6) is -2.03. The van der Waals surface area contributed by atoms with Crippen LogP contribution < -0.4 is 0 Å². The van der Waals surface area contributed by atoms with Crippen LogP contribution in [0.1, 0.15) is 37.2 Å². The maximum atomic E-state index is 13.3. The van der Waals surface area contributed by atoms with E-state index in [4.69, 9.17) is 0 Å². The Kier molecular flexibility index (Phi) is 4.69. The van der Waals surface area contributed by atoms with Crippen LogP contribution >= 0.6 is 0 Å². The number of hydrogen-bond donors (Lipinski definition) is 0. The number of nitrogens with zero attached hydrogens (tertiary/aromatic N) is 4. The van der Waals surface area contributed by atoms with Gasteiger partial charge in [-0.3, -0.25) is 4.79 Å². The molecule has 3 aromatic rings. The van der Waals surface area contributed by atoms with Gasteiger partial charge in [-0.25, -0.2) is 13.8 Å². The number of aryl methyl sites for hydroxylation is 1. The SMILES string of the molecule is Cc1ncc(-c2ccc3nnc(CC(=O)C4CCC(F)(F)CC4)cc3c2)n1C. The highest BCUT2D eigenvalue weighted by Gasteiger charge is 2.37. The van der Waals surface area contributed by atoms with Crippen LogP contribution in [-0.4, -0.2) is 31.5 Å². The van der Waals surface area contributed by atoms with Crippen molar-refractivity contribution in [1.29, 1.82) is 0 Å². The van der Waals surface area contributed by atoms with E-state index in [0.29, 0.717) is 5.69 Å². The van der Waals surface area contributed by atoms with Gasteiger partial charge in [-0.05, 0) is 38.0 Å². The van der Waals surface area contributed by atoms with Crippen molar-refractivity contribution in [3.05, 3.63) is 42.0 Å². The number of aromatic nitrogens is 4. The lowest BCUT2D eigenvalue weighted by Gasteiger charge is -2.27. The Bertz CT molecular complexity index is 1030. The molecule has 0 spiro atoms. The van der Waals surface area contributed by atoms with E-state index in [9.17, 15) is 13.6 Å². The van der Waals surface area contributed by atoms with Crippen LogP contribution in [0.3, 0.4) is 0 Å². The number of carbonyl (C=O) groups excluding carboxylic acids is 1. The third kappa shape index (κ3) is 3.66. The zero-order valence-corrected chi connectivity index (χ0v) is 16.0. The van der Waals surface area contributed by atoms with Crippen molar-refractivity contribution < 1.29 is 13.6 Å². The Morgan fingerprint density at radius 1 is 1.21 bits per heavy atom. The van der Waals surface area contributed by atoms with Gasteiger partial charge < -0.3 is 4.57 Å². The standard InChI is InChI=1S/C21H22F2N4O/c1-13-24-12-19(27(13)2)15-3-4-18-16(9-15)10-17(25-26-18)11-20(28)14-5-7-21(22,23)8-6-14/h3-4,9-10,12,14H,5-8,11H2,1-2H3. The smallest absolute Gasteiger partial charge is 0.248 e. The quantitative estimate of drug-likeness (QED) is 0.674. The number of fused-ring (bicyclic) bond motifs is 1. The molecule has 2 aromatic heterocycles. The summed E-state index contributed by atoms with van der Waals surface area (Å²) >= 11 is 0. The van der Waals surface area contributed by atoms with E-state index in [0.717, 1.165) is 28.0 Å². The van der Waals surface area contributed by atoms with Gasteiger partial charge in [0.1, 0.15) is 11.6 Å². The molecule has 0 unspecified atom stereocenters. The Morgan fingerprint density at radius 2 is 1.96 bits per heavy atom. The van der Waals surface area contributed by atoms with Crippen LogP contribution in [0, 0.1) is 12.8 Å². The Hall–Kier alpha value is -2.70. The average molecular weight is 384 g/mol. The van der Waals surface area contributed by atoms with Crippen LogP contribution in [0.15, 0.2) is 30.5 Å². The van der Waals surface area contributed by atoms with Crippen LogP contribution in [0.25, 0.3) is 22.2 Å². The maximum absolute atomic E-state index is 13.3. The molecule has 0 saturated heterocycles. The van der Waals surface area contributed by atoms with Crippen molar-refractivity contribution in [2.24, 2.45) is 13.0 Å². The van der Waals surface area contributed by atoms with E-state index in [2.05, 4.69) is 15.2 Å². The van der Waals surface area contributed by atoms with E-state index < -0.39 is 5.92 Å². The highest BCUT2D eigenvalue weighted by Crippen LogP contribution is 2.36. The fraction of sp³-hybridized carbons (Fsp3) is 0.429. The number of imidazole rings is 1. The average Bonchev–Trinajstić information content (AvgIpc) is 3.00. The molecule has 0 atom stereocenters. The van der Waals surface area contributed by atoms with Gasteiger partial charge >= 0.3 is 0 Å². The molecule has 0 bridgehead atoms. The summed E-state index contributed by atoms with van der Waals surface area (Å²) in [6, 6.07) is 7.75. The number of rotatable bonds is 4. The van der Waals surface area contributed by atoms with Crippen LogP contribution in [0.2, 0.25) is 0 Å². The molecule has 0 amide bonds. The number of Topliss-reactive ketones (excluding diaryl/α,β-unsaturated/α-hetero) is 1. The molecule has 2 heterocycles. The maximum Gasteiger partial charge on any atom is 0.248 e. The molecular weight excluding hydrogens is 362 g/mol. The first-order chi connectivity index (χ1) is 13.3. The van der Waals surface area contributed by atoms with Gasteiger partial charge in [-0.15, -0.1) is 0 Å². The van der Waals surface area contributed by atoms with Crippen molar-refractivity contribution in [3.8, 4) is 11.3 Å². The second kappa shape index (κ2) is 7.04. The summed E-state index contributed by atoms with van der Waals surface area (Å²) in [6.45, 7) is 1.95. The van der Waals surface area contributed by atoms with Crippen molar-refractivity contribution in [2.45, 2.75) is 45.0 Å². The number of carbonyl (C=O) groups is 1. The Labute approximate surface area is 161 Å². The van der Waals surface area contributed by atoms with Gasteiger partial charge in [-0.1, -0.05) is 6.07 Å². The number of ketones is 1. The molecule has 146 valence electrons. The predicted molar refractivity (Wildman–Crippen MR) is 102 cm³/mol. The van der Waals surface area contributed by atoms with Crippen molar-refractivity contribution in [1.82, 2.24) is 19.7 Å². The lowest BCUT2D eigenvalue weighted by atomic mass is 9.83. The monoisotopic (exact) mass is 384 g/mol. The minimum absolute atomic E-state index is 0.0254. The van der Waals surface area contributed by atoms with Gasteiger partial charge in [0.25, 0.3) is 0 Å². The summed E-state index contributed by atoms with van der Waals surface area (Å²) < 4.78 is 28.6. The lowest BCUT2D eigenvalue weighted by molar-refractivity contribution is -0.126. The molecule has 5 nitrogen and oxygen atoms in total. The van der Waals surface area contributed by atoms with E-state index in [1.165, 1.54) is 0 Å². The van der Waals surface area contributed by atoms with Crippen molar-refractivity contribution in [3.63, 3.8) is 0 Å². The zero-order valence-electron chi connectivity index (χ0n) is 16.0. The van der Waals surface area contributed by atoms with E-state index in [-0.39, 0.29) is 43.8 Å². The summed E-state index contributed by atoms with van der Waals surface area (Å²) in [6.07, 6.45) is 2.04. The first-order valence-corrected chi connectivity index (χ1v) is 9.48. The Balaban J connectivity index is 1.55. The minimum Gasteiger partial charge on any atom is -0.331 e. The van der Waals surface area contributed by atoms with E-state index in [1.807, 2.05) is 49.0 Å². The molecule has 1 saturated carbocycles. The third-order valence-electron chi connectivity index (χ3n) is 5.68. The molecule has 1 aromatic carbocycles. The third-order valence-corrected chi connectivity index (χ3v) is 5.68. The van der Waals surface area contributed by atoms with Crippen molar-refractivity contribution >= 4 is 16.7 Å². The first-order valence-electron chi connectivity index (χ1n) is 9.48.